The van der Waals surface area contributed by atoms with Gasteiger partial charge in [-0.2, -0.15) is 8.78 Å². The van der Waals surface area contributed by atoms with E-state index >= 15 is 0 Å². The number of aliphatic hydroxyl groups is 1. The summed E-state index contributed by atoms with van der Waals surface area (Å²) in [7, 11) is 1.63. The van der Waals surface area contributed by atoms with E-state index < -0.39 is 12.2 Å². The predicted molar refractivity (Wildman–Crippen MR) is 117 cm³/mol. The molecule has 1 aliphatic heterocycles. The van der Waals surface area contributed by atoms with Crippen LogP contribution in [0.1, 0.15) is 11.4 Å². The van der Waals surface area contributed by atoms with E-state index in [1.54, 1.807) is 54.5 Å². The summed E-state index contributed by atoms with van der Waals surface area (Å²) in [5.74, 6) is 0.420. The Labute approximate surface area is 187 Å². The van der Waals surface area contributed by atoms with Crippen molar-refractivity contribution in [3.8, 4) is 16.9 Å². The Hall–Kier alpha value is -3.63. The molecule has 10 heteroatoms. The Kier molecular flexibility index (Phi) is 5.18. The van der Waals surface area contributed by atoms with E-state index in [-0.39, 0.29) is 17.9 Å². The number of hydrogen-bond donors (Lipinski definition) is 2. The Morgan fingerprint density at radius 3 is 2.55 bits per heavy atom. The van der Waals surface area contributed by atoms with Crippen LogP contribution in [0.4, 0.5) is 8.78 Å². The van der Waals surface area contributed by atoms with Gasteiger partial charge in [0.1, 0.15) is 11.4 Å². The SMILES string of the molecule is Cn1c(=O)c2ccc(-c3cnc(C4(O)CNC4)nc3)cc2n1Cc1ccccc1OC(F)F. The van der Waals surface area contributed by atoms with Crippen LogP contribution in [0.5, 0.6) is 5.75 Å². The fraction of sp³-hybridized carbons (Fsp3) is 0.261. The minimum atomic E-state index is -2.94. The average molecular weight is 453 g/mol. The number of fused-ring (bicyclic) bond motifs is 1. The normalized spacial score (nSPS) is 15.1. The van der Waals surface area contributed by atoms with E-state index in [0.717, 1.165) is 11.1 Å². The van der Waals surface area contributed by atoms with Crippen LogP contribution in [-0.4, -0.2) is 44.1 Å². The summed E-state index contributed by atoms with van der Waals surface area (Å²) >= 11 is 0. The van der Waals surface area contributed by atoms with Crippen LogP contribution in [0.15, 0.2) is 59.7 Å². The maximum atomic E-state index is 12.8. The van der Waals surface area contributed by atoms with E-state index in [9.17, 15) is 18.7 Å². The topological polar surface area (TPSA) is 94.2 Å². The van der Waals surface area contributed by atoms with Crippen molar-refractivity contribution in [3.05, 3.63) is 76.6 Å². The third-order valence-electron chi connectivity index (χ3n) is 5.91. The summed E-state index contributed by atoms with van der Waals surface area (Å²) in [6.45, 7) is -1.96. The lowest BCUT2D eigenvalue weighted by atomic mass is 9.96. The van der Waals surface area contributed by atoms with Gasteiger partial charge in [-0.1, -0.05) is 24.3 Å². The summed E-state index contributed by atoms with van der Waals surface area (Å²) < 4.78 is 33.5. The fourth-order valence-electron chi connectivity index (χ4n) is 3.99. The molecule has 0 aliphatic carbocycles. The van der Waals surface area contributed by atoms with Crippen LogP contribution < -0.4 is 15.6 Å². The van der Waals surface area contributed by atoms with Crippen LogP contribution in [0.3, 0.4) is 0 Å². The third-order valence-corrected chi connectivity index (χ3v) is 5.91. The van der Waals surface area contributed by atoms with Gasteiger partial charge in [-0.15, -0.1) is 0 Å². The van der Waals surface area contributed by atoms with Crippen molar-refractivity contribution in [1.29, 1.82) is 0 Å². The molecule has 0 radical (unpaired) electrons. The molecule has 2 aromatic heterocycles. The van der Waals surface area contributed by atoms with Crippen molar-refractivity contribution in [2.24, 2.45) is 7.05 Å². The molecule has 0 amide bonds. The van der Waals surface area contributed by atoms with Crippen molar-refractivity contribution < 1.29 is 18.6 Å². The molecule has 2 N–H and O–H groups in total. The minimum Gasteiger partial charge on any atom is -0.434 e. The van der Waals surface area contributed by atoms with Crippen molar-refractivity contribution >= 4 is 10.9 Å². The van der Waals surface area contributed by atoms with E-state index in [1.807, 2.05) is 6.07 Å². The number of rotatable bonds is 6. The van der Waals surface area contributed by atoms with Gasteiger partial charge in [-0.3, -0.25) is 14.2 Å². The smallest absolute Gasteiger partial charge is 0.387 e. The second kappa shape index (κ2) is 8.05. The number of β-amino-alcohol motifs (C(OH)–C–C–N with tert-alkyl or cyclic N) is 1. The van der Waals surface area contributed by atoms with E-state index in [2.05, 4.69) is 20.0 Å². The maximum absolute atomic E-state index is 12.8. The number of nitrogens with one attached hydrogen (secondary N) is 1. The van der Waals surface area contributed by atoms with Crippen LogP contribution in [0.2, 0.25) is 0 Å². The second-order valence-corrected chi connectivity index (χ2v) is 8.04. The largest absolute Gasteiger partial charge is 0.434 e. The van der Waals surface area contributed by atoms with Crippen LogP contribution in [-0.2, 0) is 19.2 Å². The number of nitrogens with zero attached hydrogens (tertiary/aromatic N) is 4. The summed E-state index contributed by atoms with van der Waals surface area (Å²) in [5.41, 5.74) is 1.42. The number of aromatic nitrogens is 4. The fourth-order valence-corrected chi connectivity index (χ4v) is 3.99. The first-order valence-electron chi connectivity index (χ1n) is 10.3. The lowest BCUT2D eigenvalue weighted by Crippen LogP contribution is -2.57. The van der Waals surface area contributed by atoms with Gasteiger partial charge in [0, 0.05) is 43.7 Å². The van der Waals surface area contributed by atoms with Crippen LogP contribution in [0.25, 0.3) is 22.0 Å². The molecule has 33 heavy (non-hydrogen) atoms. The maximum Gasteiger partial charge on any atom is 0.387 e. The van der Waals surface area contributed by atoms with Gasteiger partial charge in [0.05, 0.1) is 17.4 Å². The summed E-state index contributed by atoms with van der Waals surface area (Å²) in [6.07, 6.45) is 3.27. The molecule has 1 aliphatic rings. The van der Waals surface area contributed by atoms with Crippen LogP contribution >= 0.6 is 0 Å². The number of alkyl halides is 2. The van der Waals surface area contributed by atoms with Crippen molar-refractivity contribution in [2.75, 3.05) is 13.1 Å². The number of ether oxygens (including phenoxy) is 1. The summed E-state index contributed by atoms with van der Waals surface area (Å²) in [5, 5.41) is 13.9. The van der Waals surface area contributed by atoms with E-state index in [0.29, 0.717) is 35.4 Å². The summed E-state index contributed by atoms with van der Waals surface area (Å²) in [6, 6.07) is 11.9. The molecule has 0 saturated carbocycles. The van der Waals surface area contributed by atoms with E-state index in [4.69, 9.17) is 0 Å². The molecule has 0 spiro atoms. The van der Waals surface area contributed by atoms with Gasteiger partial charge in [-0.25, -0.2) is 9.97 Å². The molecule has 0 unspecified atom stereocenters. The number of para-hydroxylation sites is 1. The Balaban J connectivity index is 1.54. The monoisotopic (exact) mass is 453 g/mol. The van der Waals surface area contributed by atoms with Gasteiger partial charge < -0.3 is 15.2 Å². The van der Waals surface area contributed by atoms with Gasteiger partial charge in [0.2, 0.25) is 0 Å². The quantitative estimate of drug-likeness (QED) is 0.465. The molecular weight excluding hydrogens is 432 g/mol. The van der Waals surface area contributed by atoms with E-state index in [1.165, 1.54) is 10.7 Å². The number of halogens is 2. The first-order valence-corrected chi connectivity index (χ1v) is 10.3. The Morgan fingerprint density at radius 1 is 1.15 bits per heavy atom. The Bertz CT molecular complexity index is 1380. The van der Waals surface area contributed by atoms with Gasteiger partial charge >= 0.3 is 6.61 Å². The van der Waals surface area contributed by atoms with Crippen LogP contribution in [0, 0.1) is 0 Å². The molecular formula is C23H21F2N5O3. The third kappa shape index (κ3) is 3.77. The zero-order chi connectivity index (χ0) is 23.2. The minimum absolute atomic E-state index is 0.0605. The van der Waals surface area contributed by atoms with Gasteiger partial charge in [0.25, 0.3) is 5.56 Å². The molecule has 1 saturated heterocycles. The van der Waals surface area contributed by atoms with Gasteiger partial charge in [0.15, 0.2) is 5.82 Å². The number of benzene rings is 2. The van der Waals surface area contributed by atoms with Gasteiger partial charge in [-0.05, 0) is 23.8 Å². The predicted octanol–water partition coefficient (Wildman–Crippen LogP) is 2.24. The highest BCUT2D eigenvalue weighted by Gasteiger charge is 2.39. The van der Waals surface area contributed by atoms with Crippen molar-refractivity contribution in [3.63, 3.8) is 0 Å². The lowest BCUT2D eigenvalue weighted by Gasteiger charge is -2.35. The molecule has 2 aromatic carbocycles. The highest BCUT2D eigenvalue weighted by atomic mass is 19.3. The Morgan fingerprint density at radius 2 is 1.88 bits per heavy atom. The molecule has 0 bridgehead atoms. The zero-order valence-corrected chi connectivity index (χ0v) is 17.7. The first-order chi connectivity index (χ1) is 15.9. The molecule has 1 fully saturated rings. The molecule has 3 heterocycles. The second-order valence-electron chi connectivity index (χ2n) is 8.04. The molecule has 170 valence electrons. The molecule has 4 aromatic rings. The van der Waals surface area contributed by atoms with Crippen molar-refractivity contribution in [1.82, 2.24) is 24.6 Å². The standard InChI is InChI=1S/C23H21F2N5O3/c1-29-20(31)17-7-6-14(16-9-27-21(28-10-16)23(32)12-26-13-23)8-18(17)30(29)11-15-4-2-3-5-19(15)33-22(24)25/h2-10,22,26,32H,11-13H2,1H3. The lowest BCUT2D eigenvalue weighted by molar-refractivity contribution is -0.0505. The highest BCUT2D eigenvalue weighted by molar-refractivity contribution is 5.84. The molecule has 0 atom stereocenters. The zero-order valence-electron chi connectivity index (χ0n) is 17.7. The molecule has 5 rings (SSSR count). The highest BCUT2D eigenvalue weighted by Crippen LogP contribution is 2.27. The van der Waals surface area contributed by atoms with Crippen molar-refractivity contribution in [2.45, 2.75) is 18.8 Å². The number of hydrogen-bond acceptors (Lipinski definition) is 6. The average Bonchev–Trinajstić information content (AvgIpc) is 3.03. The molecule has 8 nitrogen and oxygen atoms in total. The first kappa shape index (κ1) is 21.2. The summed E-state index contributed by atoms with van der Waals surface area (Å²) in [4.78, 5) is 21.4.